The van der Waals surface area contributed by atoms with Gasteiger partial charge in [-0.15, -0.1) is 0 Å². The first-order chi connectivity index (χ1) is 14.6. The highest BCUT2D eigenvalue weighted by Crippen LogP contribution is 2.32. The summed E-state index contributed by atoms with van der Waals surface area (Å²) >= 11 is 0. The summed E-state index contributed by atoms with van der Waals surface area (Å²) in [5.74, 6) is 0.147. The number of carbonyl (C=O) groups is 2. The zero-order chi connectivity index (χ0) is 22.9. The van der Waals surface area contributed by atoms with Crippen molar-refractivity contribution in [2.45, 2.75) is 51.0 Å². The van der Waals surface area contributed by atoms with Gasteiger partial charge in [-0.2, -0.15) is 0 Å². The Balaban J connectivity index is 1.70. The van der Waals surface area contributed by atoms with Gasteiger partial charge in [-0.3, -0.25) is 9.59 Å². The lowest BCUT2D eigenvalue weighted by molar-refractivity contribution is -0.121. The molecule has 0 radical (unpaired) electrons. The Morgan fingerprint density at radius 3 is 2.42 bits per heavy atom. The van der Waals surface area contributed by atoms with Gasteiger partial charge in [-0.05, 0) is 60.7 Å². The topological polar surface area (TPSA) is 92.8 Å². The van der Waals surface area contributed by atoms with E-state index >= 15 is 0 Å². The van der Waals surface area contributed by atoms with Gasteiger partial charge in [0.2, 0.25) is 5.91 Å². The lowest BCUT2D eigenvalue weighted by Crippen LogP contribution is -2.35. The van der Waals surface area contributed by atoms with Gasteiger partial charge in [-0.25, -0.2) is 12.7 Å². The fraction of sp³-hybridized carbons (Fsp3) is 0.391. The predicted octanol–water partition coefficient (Wildman–Crippen LogP) is 3.54. The van der Waals surface area contributed by atoms with E-state index in [2.05, 4.69) is 19.2 Å². The highest BCUT2D eigenvalue weighted by atomic mass is 32.2. The summed E-state index contributed by atoms with van der Waals surface area (Å²) in [6, 6.07) is 9.80. The first kappa shape index (κ1) is 22.8. The third-order valence-electron chi connectivity index (χ3n) is 5.54. The number of nitrogens with zero attached hydrogens (tertiary/aromatic N) is 1. The molecular weight excluding hydrogens is 416 g/mol. The predicted molar refractivity (Wildman–Crippen MR) is 118 cm³/mol. The van der Waals surface area contributed by atoms with Gasteiger partial charge in [0.25, 0.3) is 15.9 Å². The molecule has 1 aliphatic rings. The van der Waals surface area contributed by atoms with Crippen LogP contribution >= 0.6 is 0 Å². The van der Waals surface area contributed by atoms with Gasteiger partial charge in [0.15, 0.2) is 0 Å². The maximum Gasteiger partial charge on any atom is 0.269 e. The fourth-order valence-electron chi connectivity index (χ4n) is 3.86. The number of aryl methyl sites for hydroxylation is 1. The maximum absolute atomic E-state index is 12.6. The van der Waals surface area contributed by atoms with E-state index in [1.165, 1.54) is 12.1 Å². The van der Waals surface area contributed by atoms with Crippen LogP contribution in [0.1, 0.15) is 66.2 Å². The number of nitrogens with one attached hydrogen (secondary N) is 1. The number of ether oxygens (including phenoxy) is 1. The molecule has 2 aromatic rings. The van der Waals surface area contributed by atoms with E-state index in [-0.39, 0.29) is 41.3 Å². The van der Waals surface area contributed by atoms with Crippen LogP contribution in [-0.4, -0.2) is 38.2 Å². The number of benzene rings is 2. The van der Waals surface area contributed by atoms with Crippen LogP contribution in [-0.2, 0) is 14.8 Å². The molecule has 0 fully saturated rings. The molecule has 3 rings (SSSR count). The number of amides is 2. The van der Waals surface area contributed by atoms with Crippen molar-refractivity contribution in [1.29, 1.82) is 0 Å². The summed E-state index contributed by atoms with van der Waals surface area (Å²) in [5.41, 5.74) is 3.15. The monoisotopic (exact) mass is 444 g/mol. The second-order valence-electron chi connectivity index (χ2n) is 8.02. The Morgan fingerprint density at radius 2 is 1.81 bits per heavy atom. The molecule has 7 nitrogen and oxygen atoms in total. The van der Waals surface area contributed by atoms with Crippen molar-refractivity contribution in [1.82, 2.24) is 9.62 Å². The minimum Gasteiger partial charge on any atom is -0.496 e. The summed E-state index contributed by atoms with van der Waals surface area (Å²) in [6.07, 6.45) is -0.116. The third kappa shape index (κ3) is 4.30. The van der Waals surface area contributed by atoms with E-state index in [0.29, 0.717) is 0 Å². The molecular formula is C23H28N2O5S. The Labute approximate surface area is 183 Å². The lowest BCUT2D eigenvalue weighted by atomic mass is 9.93. The quantitative estimate of drug-likeness (QED) is 0.705. The molecule has 1 aliphatic heterocycles. The van der Waals surface area contributed by atoms with Crippen LogP contribution in [0.15, 0.2) is 41.3 Å². The minimum atomic E-state index is -3.91. The van der Waals surface area contributed by atoms with Crippen molar-refractivity contribution in [2.24, 2.45) is 0 Å². The lowest BCUT2D eigenvalue weighted by Gasteiger charge is -2.21. The molecule has 1 atom stereocenters. The maximum atomic E-state index is 12.6. The molecule has 0 spiro atoms. The van der Waals surface area contributed by atoms with Crippen LogP contribution in [0, 0.1) is 6.92 Å². The van der Waals surface area contributed by atoms with Crippen LogP contribution in [0.25, 0.3) is 0 Å². The highest BCUT2D eigenvalue weighted by Gasteiger charge is 2.40. The van der Waals surface area contributed by atoms with Crippen molar-refractivity contribution in [3.05, 3.63) is 58.7 Å². The Hall–Kier alpha value is -2.87. The van der Waals surface area contributed by atoms with Gasteiger partial charge in [-0.1, -0.05) is 26.0 Å². The Bertz CT molecular complexity index is 1120. The average Bonchev–Trinajstić information content (AvgIpc) is 2.91. The number of hydrogen-bond donors (Lipinski definition) is 1. The van der Waals surface area contributed by atoms with Crippen LogP contribution < -0.4 is 10.1 Å². The first-order valence-electron chi connectivity index (χ1n) is 10.2. The molecule has 8 heteroatoms. The Kier molecular flexibility index (Phi) is 6.40. The second kappa shape index (κ2) is 8.70. The summed E-state index contributed by atoms with van der Waals surface area (Å²) < 4.78 is 31.5. The van der Waals surface area contributed by atoms with Crippen molar-refractivity contribution < 1.29 is 22.7 Å². The Morgan fingerprint density at radius 1 is 1.13 bits per heavy atom. The van der Waals surface area contributed by atoms with E-state index in [0.717, 1.165) is 26.7 Å². The molecule has 166 valence electrons. The molecule has 1 N–H and O–H groups in total. The first-order valence-corrected chi connectivity index (χ1v) is 11.7. The highest BCUT2D eigenvalue weighted by molar-refractivity contribution is 7.90. The third-order valence-corrected chi connectivity index (χ3v) is 7.38. The van der Waals surface area contributed by atoms with Crippen molar-refractivity contribution in [3.8, 4) is 5.75 Å². The van der Waals surface area contributed by atoms with Crippen LogP contribution in [0.3, 0.4) is 0 Å². The van der Waals surface area contributed by atoms with E-state index in [9.17, 15) is 18.0 Å². The molecule has 0 saturated heterocycles. The molecule has 1 heterocycles. The molecule has 2 amide bonds. The second-order valence-corrected chi connectivity index (χ2v) is 9.85. The SMILES string of the molecule is COc1cc(C)c([C@@H](C)NC(=O)CCN2C(=O)c3ccccc3S2(=O)=O)cc1C(C)C. The summed E-state index contributed by atoms with van der Waals surface area (Å²) in [6.45, 7) is 7.78. The molecule has 0 aliphatic carbocycles. The van der Waals surface area contributed by atoms with E-state index < -0.39 is 15.9 Å². The number of hydrogen-bond acceptors (Lipinski definition) is 5. The van der Waals surface area contributed by atoms with Gasteiger partial charge in [0, 0.05) is 13.0 Å². The van der Waals surface area contributed by atoms with Crippen LogP contribution in [0.2, 0.25) is 0 Å². The average molecular weight is 445 g/mol. The number of rotatable bonds is 7. The summed E-state index contributed by atoms with van der Waals surface area (Å²) in [4.78, 5) is 25.0. The number of methoxy groups -OCH3 is 1. The van der Waals surface area contributed by atoms with E-state index in [1.807, 2.05) is 26.0 Å². The molecule has 0 bridgehead atoms. The van der Waals surface area contributed by atoms with Crippen molar-refractivity contribution >= 4 is 21.8 Å². The van der Waals surface area contributed by atoms with Crippen LogP contribution in [0.5, 0.6) is 5.75 Å². The number of carbonyl (C=O) groups excluding carboxylic acids is 2. The fourth-order valence-corrected chi connectivity index (χ4v) is 5.43. The molecule has 0 saturated carbocycles. The standard InChI is InChI=1S/C23H28N2O5S/c1-14(2)18-13-19(15(3)12-20(18)30-5)16(4)24-22(26)10-11-25-23(27)17-8-6-7-9-21(17)31(25,28)29/h6-9,12-14,16H,10-11H2,1-5H3,(H,24,26)/t16-/m1/s1. The minimum absolute atomic E-state index is 0.0103. The normalized spacial score (nSPS) is 15.7. The molecule has 0 aromatic heterocycles. The van der Waals surface area contributed by atoms with Gasteiger partial charge >= 0.3 is 0 Å². The smallest absolute Gasteiger partial charge is 0.269 e. The van der Waals surface area contributed by atoms with Gasteiger partial charge in [0.1, 0.15) is 10.6 Å². The van der Waals surface area contributed by atoms with Crippen LogP contribution in [0.4, 0.5) is 0 Å². The van der Waals surface area contributed by atoms with E-state index in [4.69, 9.17) is 4.74 Å². The van der Waals surface area contributed by atoms with Crippen molar-refractivity contribution in [3.63, 3.8) is 0 Å². The molecule has 0 unspecified atom stereocenters. The number of fused-ring (bicyclic) bond motifs is 1. The van der Waals surface area contributed by atoms with E-state index in [1.54, 1.807) is 19.2 Å². The van der Waals surface area contributed by atoms with Crippen molar-refractivity contribution in [2.75, 3.05) is 13.7 Å². The summed E-state index contributed by atoms with van der Waals surface area (Å²) in [7, 11) is -2.28. The zero-order valence-corrected chi connectivity index (χ0v) is 19.2. The zero-order valence-electron chi connectivity index (χ0n) is 18.4. The molecule has 31 heavy (non-hydrogen) atoms. The summed E-state index contributed by atoms with van der Waals surface area (Å²) in [5, 5.41) is 2.92. The molecule has 2 aromatic carbocycles. The van der Waals surface area contributed by atoms with Gasteiger partial charge in [0.05, 0.1) is 18.7 Å². The largest absolute Gasteiger partial charge is 0.496 e. The number of sulfonamides is 1. The van der Waals surface area contributed by atoms with Gasteiger partial charge < -0.3 is 10.1 Å².